The Morgan fingerprint density at radius 1 is 0.960 bits per heavy atom. The van der Waals surface area contributed by atoms with Crippen LogP contribution in [0.15, 0.2) is 115 Å². The molecule has 2 N–H and O–H groups in total. The van der Waals surface area contributed by atoms with Gasteiger partial charge in [-0.25, -0.2) is 0 Å². The molecule has 2 aliphatic heterocycles. The third-order valence-electron chi connectivity index (χ3n) is 10.2. The van der Waals surface area contributed by atoms with E-state index < -0.39 is 20.0 Å². The molecule has 1 saturated heterocycles. The normalized spacial score (nSPS) is 22.1. The van der Waals surface area contributed by atoms with Gasteiger partial charge < -0.3 is 14.6 Å². The average molecular weight is 688 g/mol. The lowest BCUT2D eigenvalue weighted by atomic mass is 9.82. The van der Waals surface area contributed by atoms with Gasteiger partial charge in [-0.1, -0.05) is 78.9 Å². The highest BCUT2D eigenvalue weighted by molar-refractivity contribution is 6.71. The molecule has 2 amide bonds. The van der Waals surface area contributed by atoms with E-state index in [9.17, 15) is 19.5 Å². The third kappa shape index (κ3) is 5.75. The average Bonchev–Trinajstić information content (AvgIpc) is 3.79. The predicted octanol–water partition coefficient (Wildman–Crippen LogP) is 6.26. The van der Waals surface area contributed by atoms with Crippen molar-refractivity contribution in [3.8, 4) is 0 Å². The summed E-state index contributed by atoms with van der Waals surface area (Å²) in [6, 6.07) is 34.2. The van der Waals surface area contributed by atoms with Gasteiger partial charge in [-0.2, -0.15) is 0 Å². The van der Waals surface area contributed by atoms with Gasteiger partial charge in [0.25, 0.3) is 5.91 Å². The smallest absolute Gasteiger partial charge is 0.268 e. The van der Waals surface area contributed by atoms with Crippen LogP contribution in [-0.4, -0.2) is 58.2 Å². The maximum absolute atomic E-state index is 15.0. The van der Waals surface area contributed by atoms with E-state index in [1.807, 2.05) is 135 Å². The van der Waals surface area contributed by atoms with E-state index >= 15 is 0 Å². The van der Waals surface area contributed by atoms with Gasteiger partial charge in [-0.3, -0.25) is 24.1 Å². The van der Waals surface area contributed by atoms with Crippen LogP contribution in [0.5, 0.6) is 0 Å². The van der Waals surface area contributed by atoms with Crippen LogP contribution in [0.3, 0.4) is 0 Å². The van der Waals surface area contributed by atoms with Gasteiger partial charge in [0, 0.05) is 46.8 Å². The number of amides is 2. The van der Waals surface area contributed by atoms with Crippen molar-refractivity contribution in [3.05, 3.63) is 132 Å². The van der Waals surface area contributed by atoms with Crippen molar-refractivity contribution in [2.24, 2.45) is 5.92 Å². The maximum atomic E-state index is 15.0. The number of aliphatic hydroxyl groups is 1. The molecule has 0 radical (unpaired) electrons. The summed E-state index contributed by atoms with van der Waals surface area (Å²) in [6.07, 6.45) is 2.62. The summed E-state index contributed by atoms with van der Waals surface area (Å²) in [5.41, 5.74) is 3.27. The highest BCUT2D eigenvalue weighted by Gasteiger charge is 2.66. The largest absolute Gasteiger partial charge is 0.432 e. The van der Waals surface area contributed by atoms with Crippen LogP contribution in [0, 0.1) is 5.92 Å². The fraction of sp³-hybridized carbons (Fsp3) is 0.282. The van der Waals surface area contributed by atoms with Gasteiger partial charge in [0.15, 0.2) is 13.9 Å². The molecular weight excluding hydrogens is 647 g/mol. The summed E-state index contributed by atoms with van der Waals surface area (Å²) < 4.78 is 8.81. The number of aryl methyl sites for hydroxylation is 1. The molecule has 11 heteroatoms. The zero-order chi connectivity index (χ0) is 35.0. The second-order valence-electron chi connectivity index (χ2n) is 13.7. The molecule has 50 heavy (non-hydrogen) atoms. The zero-order valence-corrected chi connectivity index (χ0v) is 29.3. The number of fused-ring (bicyclic) bond motifs is 2. The fourth-order valence-electron chi connectivity index (χ4n) is 8.00. The molecule has 5 aromatic rings. The summed E-state index contributed by atoms with van der Waals surface area (Å²) >= 11 is 0. The molecule has 10 nitrogen and oxygen atoms in total. The molecule has 2 aliphatic rings. The summed E-state index contributed by atoms with van der Waals surface area (Å²) in [4.78, 5) is 42.5. The lowest BCUT2D eigenvalue weighted by Crippen LogP contribution is -2.45. The van der Waals surface area contributed by atoms with E-state index in [0.717, 1.165) is 12.0 Å². The Morgan fingerprint density at radius 2 is 1.62 bits per heavy atom. The van der Waals surface area contributed by atoms with Gasteiger partial charge in [0.2, 0.25) is 6.41 Å². The minimum absolute atomic E-state index is 0.103. The first kappa shape index (κ1) is 33.5. The molecule has 256 valence electrons. The molecule has 5 atom stereocenters. The standard InChI is InChI=1S/C39H41N5O5Si/c1-27-37(50(2,3)48)36(21-22-42-24-34(40-41-42)32(25-45)28-13-7-4-8-14-28)49-39(27)33-23-31(43(26-46)29-15-9-5-10-16-29)19-20-35(33)44(38(39)47)30-17-11-6-12-18-30/h4-20,23-24,26-27,32,36-37,45,48H,21-22,25H2,1-3H3/t27-,32?,36+,37-,39+/m0/s1. The molecule has 4 aromatic carbocycles. The number of carbonyl (C=O) groups is 2. The zero-order valence-electron chi connectivity index (χ0n) is 28.3. The van der Waals surface area contributed by atoms with Crippen molar-refractivity contribution in [2.45, 2.75) is 56.1 Å². The quantitative estimate of drug-likeness (QED) is 0.124. The molecule has 1 fully saturated rings. The topological polar surface area (TPSA) is 121 Å². The number of aliphatic hydroxyl groups excluding tert-OH is 1. The molecule has 1 unspecified atom stereocenters. The number of nitrogens with zero attached hydrogens (tertiary/aromatic N) is 5. The highest BCUT2D eigenvalue weighted by atomic mass is 28.4. The van der Waals surface area contributed by atoms with E-state index in [1.54, 1.807) is 14.5 Å². The lowest BCUT2D eigenvalue weighted by Gasteiger charge is -2.32. The van der Waals surface area contributed by atoms with E-state index in [4.69, 9.17) is 4.74 Å². The number of aromatic nitrogens is 3. The molecule has 0 aliphatic carbocycles. The van der Waals surface area contributed by atoms with Crippen LogP contribution in [0.4, 0.5) is 22.7 Å². The summed E-state index contributed by atoms with van der Waals surface area (Å²) in [5.74, 6) is -0.915. The van der Waals surface area contributed by atoms with E-state index in [0.29, 0.717) is 47.0 Å². The molecule has 1 aromatic heterocycles. The number of benzene rings is 4. The SMILES string of the molecule is C[C@H]1[C@H]([Si](C)(C)O)[C@@H](CCn2cc(C(CO)c3ccccc3)nn2)O[C@]12C(=O)N(c1ccccc1)c1ccc(N(C=O)c3ccccc3)cc12. The van der Waals surface area contributed by atoms with E-state index in [2.05, 4.69) is 10.3 Å². The Kier molecular flexibility index (Phi) is 8.99. The van der Waals surface area contributed by atoms with Gasteiger partial charge in [0.1, 0.15) is 0 Å². The van der Waals surface area contributed by atoms with Crippen molar-refractivity contribution in [2.75, 3.05) is 16.4 Å². The Hall–Kier alpha value is -4.94. The minimum atomic E-state index is -2.93. The van der Waals surface area contributed by atoms with Crippen molar-refractivity contribution in [3.63, 3.8) is 0 Å². The van der Waals surface area contributed by atoms with Crippen LogP contribution in [0.25, 0.3) is 0 Å². The number of hydrogen-bond acceptors (Lipinski definition) is 7. The molecule has 3 heterocycles. The van der Waals surface area contributed by atoms with Crippen LogP contribution < -0.4 is 9.80 Å². The minimum Gasteiger partial charge on any atom is -0.432 e. The fourth-order valence-corrected chi connectivity index (χ4v) is 10.6. The van der Waals surface area contributed by atoms with Crippen molar-refractivity contribution in [1.29, 1.82) is 0 Å². The first-order chi connectivity index (χ1) is 24.2. The Morgan fingerprint density at radius 3 is 2.26 bits per heavy atom. The lowest BCUT2D eigenvalue weighted by molar-refractivity contribution is -0.145. The van der Waals surface area contributed by atoms with Gasteiger partial charge in [0.05, 0.1) is 30.0 Å². The van der Waals surface area contributed by atoms with Gasteiger partial charge in [-0.15, -0.1) is 5.10 Å². The monoisotopic (exact) mass is 687 g/mol. The van der Waals surface area contributed by atoms with Crippen molar-refractivity contribution >= 4 is 43.4 Å². The second kappa shape index (κ2) is 13.4. The van der Waals surface area contributed by atoms with Gasteiger partial charge in [-0.05, 0) is 67.5 Å². The first-order valence-electron chi connectivity index (χ1n) is 17.0. The number of rotatable bonds is 11. The third-order valence-corrected chi connectivity index (χ3v) is 12.8. The Bertz CT molecular complexity index is 1970. The van der Waals surface area contributed by atoms with Crippen LogP contribution in [0.2, 0.25) is 18.6 Å². The number of hydrogen-bond donors (Lipinski definition) is 2. The van der Waals surface area contributed by atoms with Crippen LogP contribution in [0.1, 0.15) is 36.1 Å². The summed E-state index contributed by atoms with van der Waals surface area (Å²) in [5, 5.41) is 18.9. The first-order valence-corrected chi connectivity index (χ1v) is 20.0. The molecule has 7 rings (SSSR count). The van der Waals surface area contributed by atoms with Gasteiger partial charge >= 0.3 is 0 Å². The van der Waals surface area contributed by atoms with Crippen molar-refractivity contribution in [1.82, 2.24) is 15.0 Å². The number of para-hydroxylation sites is 2. The maximum Gasteiger partial charge on any atom is 0.268 e. The molecule has 0 bridgehead atoms. The van der Waals surface area contributed by atoms with E-state index in [-0.39, 0.29) is 29.9 Å². The molecule has 0 saturated carbocycles. The van der Waals surface area contributed by atoms with E-state index in [1.165, 1.54) is 0 Å². The number of ether oxygens (including phenoxy) is 1. The predicted molar refractivity (Wildman–Crippen MR) is 194 cm³/mol. The summed E-state index contributed by atoms with van der Waals surface area (Å²) in [7, 11) is -2.93. The van der Waals surface area contributed by atoms with Crippen LogP contribution >= 0.6 is 0 Å². The molecule has 1 spiro atoms. The number of anilines is 4. The number of carbonyl (C=O) groups excluding carboxylic acids is 2. The second-order valence-corrected chi connectivity index (χ2v) is 17.7. The highest BCUT2D eigenvalue weighted by Crippen LogP contribution is 2.61. The Balaban J connectivity index is 1.26. The summed E-state index contributed by atoms with van der Waals surface area (Å²) in [6.45, 7) is 6.14. The molecular formula is C39H41N5O5Si. The van der Waals surface area contributed by atoms with Crippen molar-refractivity contribution < 1.29 is 24.2 Å². The Labute approximate surface area is 292 Å². The van der Waals surface area contributed by atoms with Crippen LogP contribution in [-0.2, 0) is 26.5 Å².